The molecule has 0 radical (unpaired) electrons. The maximum absolute atomic E-state index is 11.5. The van der Waals surface area contributed by atoms with Crippen LogP contribution in [0.3, 0.4) is 0 Å². The van der Waals surface area contributed by atoms with Crippen molar-refractivity contribution >= 4 is 5.91 Å². The van der Waals surface area contributed by atoms with Crippen LogP contribution in [0.25, 0.3) is 0 Å². The van der Waals surface area contributed by atoms with E-state index in [1.165, 1.54) is 25.7 Å². The van der Waals surface area contributed by atoms with E-state index in [-0.39, 0.29) is 5.91 Å². The monoisotopic (exact) mass is 271 g/mol. The molecule has 1 amide bonds. The quantitative estimate of drug-likeness (QED) is 0.572. The Morgan fingerprint density at radius 3 is 2.74 bits per heavy atom. The maximum Gasteiger partial charge on any atom is 0.233 e. The first-order valence-electron chi connectivity index (χ1n) is 7.40. The molecule has 1 rings (SSSR count). The Kier molecular flexibility index (Phi) is 8.79. The molecule has 0 unspecified atom stereocenters. The second kappa shape index (κ2) is 10.2. The van der Waals surface area contributed by atoms with Gasteiger partial charge in [-0.25, -0.2) is 0 Å². The molecule has 1 fully saturated rings. The number of ether oxygens (including phenoxy) is 1. The molecule has 0 aliphatic heterocycles. The molecule has 0 spiro atoms. The smallest absolute Gasteiger partial charge is 0.233 e. The summed E-state index contributed by atoms with van der Waals surface area (Å²) in [5, 5.41) is 6.06. The Hall–Kier alpha value is -0.650. The Labute approximate surface area is 117 Å². The number of carbonyl (C=O) groups is 1. The van der Waals surface area contributed by atoms with Crippen molar-refractivity contribution in [1.29, 1.82) is 0 Å². The molecular weight excluding hydrogens is 242 g/mol. The second-order valence-electron chi connectivity index (χ2n) is 5.29. The summed E-state index contributed by atoms with van der Waals surface area (Å²) in [4.78, 5) is 13.9. The van der Waals surface area contributed by atoms with Gasteiger partial charge in [-0.1, -0.05) is 12.8 Å². The van der Waals surface area contributed by atoms with Gasteiger partial charge in [0.15, 0.2) is 0 Å². The summed E-state index contributed by atoms with van der Waals surface area (Å²) in [7, 11) is 3.85. The Morgan fingerprint density at radius 1 is 1.32 bits per heavy atom. The predicted octanol–water partition coefficient (Wildman–Crippen LogP) is 0.603. The van der Waals surface area contributed by atoms with Crippen molar-refractivity contribution in [2.75, 3.05) is 46.9 Å². The van der Waals surface area contributed by atoms with Crippen molar-refractivity contribution in [1.82, 2.24) is 15.5 Å². The van der Waals surface area contributed by atoms with E-state index in [0.717, 1.165) is 25.6 Å². The van der Waals surface area contributed by atoms with Crippen molar-refractivity contribution in [3.63, 3.8) is 0 Å². The number of rotatable bonds is 10. The molecule has 112 valence electrons. The largest absolute Gasteiger partial charge is 0.385 e. The van der Waals surface area contributed by atoms with E-state index < -0.39 is 0 Å². The van der Waals surface area contributed by atoms with E-state index in [4.69, 9.17) is 4.74 Å². The number of hydrogen-bond acceptors (Lipinski definition) is 4. The van der Waals surface area contributed by atoms with Crippen LogP contribution in [0.15, 0.2) is 0 Å². The average molecular weight is 271 g/mol. The molecule has 0 heterocycles. The molecule has 0 aromatic rings. The van der Waals surface area contributed by atoms with Crippen LogP contribution in [0.5, 0.6) is 0 Å². The van der Waals surface area contributed by atoms with Crippen molar-refractivity contribution in [2.24, 2.45) is 0 Å². The molecular formula is C14H29N3O2. The van der Waals surface area contributed by atoms with Crippen LogP contribution in [0, 0.1) is 0 Å². The van der Waals surface area contributed by atoms with Crippen LogP contribution in [0.4, 0.5) is 0 Å². The zero-order valence-electron chi connectivity index (χ0n) is 12.4. The fourth-order valence-corrected chi connectivity index (χ4v) is 2.49. The minimum atomic E-state index is 0.0691. The minimum Gasteiger partial charge on any atom is -0.385 e. The average Bonchev–Trinajstić information content (AvgIpc) is 2.93. The first-order chi connectivity index (χ1) is 9.24. The lowest BCUT2D eigenvalue weighted by atomic mass is 10.2. The standard InChI is InChI=1S/C14H29N3O2/c1-17(13-6-3-4-7-13)10-9-15-12-14(18)16-8-5-11-19-2/h13,15H,3-12H2,1-2H3,(H,16,18). The van der Waals surface area contributed by atoms with Gasteiger partial charge in [0, 0.05) is 39.4 Å². The number of amides is 1. The van der Waals surface area contributed by atoms with Gasteiger partial charge < -0.3 is 20.3 Å². The Bertz CT molecular complexity index is 243. The van der Waals surface area contributed by atoms with Gasteiger partial charge in [0.25, 0.3) is 0 Å². The highest BCUT2D eigenvalue weighted by Gasteiger charge is 2.18. The van der Waals surface area contributed by atoms with E-state index in [1.54, 1.807) is 7.11 Å². The first-order valence-corrected chi connectivity index (χ1v) is 7.40. The number of nitrogens with zero attached hydrogens (tertiary/aromatic N) is 1. The second-order valence-corrected chi connectivity index (χ2v) is 5.29. The number of methoxy groups -OCH3 is 1. The third-order valence-corrected chi connectivity index (χ3v) is 3.72. The zero-order chi connectivity index (χ0) is 13.9. The third kappa shape index (κ3) is 7.50. The minimum absolute atomic E-state index is 0.0691. The molecule has 0 atom stereocenters. The van der Waals surface area contributed by atoms with Crippen molar-refractivity contribution in [2.45, 2.75) is 38.1 Å². The summed E-state index contributed by atoms with van der Waals surface area (Å²) in [6.07, 6.45) is 6.26. The summed E-state index contributed by atoms with van der Waals surface area (Å²) in [5.74, 6) is 0.0691. The number of hydrogen-bond donors (Lipinski definition) is 2. The van der Waals surface area contributed by atoms with Crippen LogP contribution in [0.2, 0.25) is 0 Å². The van der Waals surface area contributed by atoms with E-state index >= 15 is 0 Å². The highest BCUT2D eigenvalue weighted by Crippen LogP contribution is 2.21. The van der Waals surface area contributed by atoms with Gasteiger partial charge >= 0.3 is 0 Å². The summed E-state index contributed by atoms with van der Waals surface area (Å²) in [6, 6.07) is 0.754. The number of nitrogens with one attached hydrogen (secondary N) is 2. The SMILES string of the molecule is COCCCNC(=O)CNCCN(C)C1CCCC1. The fraction of sp³-hybridized carbons (Fsp3) is 0.929. The van der Waals surface area contributed by atoms with Gasteiger partial charge in [-0.15, -0.1) is 0 Å². The summed E-state index contributed by atoms with van der Waals surface area (Å²) >= 11 is 0. The summed E-state index contributed by atoms with van der Waals surface area (Å²) in [6.45, 7) is 3.68. The normalized spacial score (nSPS) is 16.2. The Balaban J connectivity index is 1.93. The van der Waals surface area contributed by atoms with E-state index in [0.29, 0.717) is 19.7 Å². The lowest BCUT2D eigenvalue weighted by molar-refractivity contribution is -0.120. The first kappa shape index (κ1) is 16.4. The lowest BCUT2D eigenvalue weighted by Gasteiger charge is -2.23. The summed E-state index contributed by atoms with van der Waals surface area (Å²) < 4.78 is 4.92. The molecule has 2 N–H and O–H groups in total. The van der Waals surface area contributed by atoms with Crippen LogP contribution in [0.1, 0.15) is 32.1 Å². The van der Waals surface area contributed by atoms with Gasteiger partial charge in [0.1, 0.15) is 0 Å². The topological polar surface area (TPSA) is 53.6 Å². The van der Waals surface area contributed by atoms with Crippen LogP contribution in [-0.4, -0.2) is 63.8 Å². The highest BCUT2D eigenvalue weighted by atomic mass is 16.5. The molecule has 0 aromatic carbocycles. The molecule has 0 aromatic heterocycles. The van der Waals surface area contributed by atoms with Crippen molar-refractivity contribution in [3.8, 4) is 0 Å². The Morgan fingerprint density at radius 2 is 2.05 bits per heavy atom. The molecule has 5 heteroatoms. The molecule has 0 saturated heterocycles. The predicted molar refractivity (Wildman–Crippen MR) is 77.3 cm³/mol. The van der Waals surface area contributed by atoms with E-state index in [1.807, 2.05) is 0 Å². The zero-order valence-corrected chi connectivity index (χ0v) is 12.4. The van der Waals surface area contributed by atoms with E-state index in [9.17, 15) is 4.79 Å². The van der Waals surface area contributed by atoms with Gasteiger partial charge in [0.05, 0.1) is 6.54 Å². The van der Waals surface area contributed by atoms with Crippen molar-refractivity contribution in [3.05, 3.63) is 0 Å². The number of likely N-dealkylation sites (N-methyl/N-ethyl adjacent to an activating group) is 1. The molecule has 1 aliphatic rings. The number of carbonyl (C=O) groups excluding carboxylic acids is 1. The van der Waals surface area contributed by atoms with Gasteiger partial charge in [-0.2, -0.15) is 0 Å². The maximum atomic E-state index is 11.5. The highest BCUT2D eigenvalue weighted by molar-refractivity contribution is 5.77. The van der Waals surface area contributed by atoms with Gasteiger partial charge in [-0.05, 0) is 26.3 Å². The van der Waals surface area contributed by atoms with Gasteiger partial charge in [-0.3, -0.25) is 4.79 Å². The fourth-order valence-electron chi connectivity index (χ4n) is 2.49. The third-order valence-electron chi connectivity index (χ3n) is 3.72. The van der Waals surface area contributed by atoms with E-state index in [2.05, 4.69) is 22.6 Å². The van der Waals surface area contributed by atoms with Crippen molar-refractivity contribution < 1.29 is 9.53 Å². The van der Waals surface area contributed by atoms with Crippen LogP contribution in [-0.2, 0) is 9.53 Å². The molecule has 19 heavy (non-hydrogen) atoms. The lowest BCUT2D eigenvalue weighted by Crippen LogP contribution is -2.39. The molecule has 5 nitrogen and oxygen atoms in total. The molecule has 1 saturated carbocycles. The summed E-state index contributed by atoms with van der Waals surface area (Å²) in [5.41, 5.74) is 0. The molecule has 0 bridgehead atoms. The molecule has 1 aliphatic carbocycles. The van der Waals surface area contributed by atoms with Crippen LogP contribution >= 0.6 is 0 Å². The van der Waals surface area contributed by atoms with Crippen LogP contribution < -0.4 is 10.6 Å². The van der Waals surface area contributed by atoms with Gasteiger partial charge in [0.2, 0.25) is 5.91 Å².